The number of hydrogen-bond donors (Lipinski definition) is 0. The second-order valence-corrected chi connectivity index (χ2v) is 3.49. The minimum Gasteiger partial charge on any atom is -0.258 e. The van der Waals surface area contributed by atoms with Crippen molar-refractivity contribution in [3.05, 3.63) is 46.0 Å². The molecule has 0 aliphatic carbocycles. The minimum atomic E-state index is -4.62. The number of nitrogens with zero attached hydrogens (tertiary/aromatic N) is 1. The van der Waals surface area contributed by atoms with Crippen LogP contribution in [0.25, 0.3) is 5.57 Å². The maximum absolute atomic E-state index is 12.4. The van der Waals surface area contributed by atoms with Crippen molar-refractivity contribution in [3.8, 4) is 0 Å². The number of allylic oxidation sites excluding steroid dienone is 1. The number of halogens is 4. The molecule has 0 atom stereocenters. The standard InChI is InChI=1S/C10H7ClF3NO2/c1-6(5-11)8-3-2-7(10(12,13)14)4-9(8)15(16)17/h2-4H,1,5H2. The second-order valence-electron chi connectivity index (χ2n) is 3.22. The van der Waals surface area contributed by atoms with E-state index in [-0.39, 0.29) is 17.0 Å². The van der Waals surface area contributed by atoms with Gasteiger partial charge < -0.3 is 0 Å². The highest BCUT2D eigenvalue weighted by Gasteiger charge is 2.33. The monoisotopic (exact) mass is 265 g/mol. The molecule has 1 aromatic rings. The fraction of sp³-hybridized carbons (Fsp3) is 0.200. The van der Waals surface area contributed by atoms with Crippen LogP contribution in [0.3, 0.4) is 0 Å². The summed E-state index contributed by atoms with van der Waals surface area (Å²) >= 11 is 5.45. The highest BCUT2D eigenvalue weighted by Crippen LogP contribution is 2.34. The summed E-state index contributed by atoms with van der Waals surface area (Å²) < 4.78 is 37.1. The zero-order chi connectivity index (χ0) is 13.2. The molecule has 17 heavy (non-hydrogen) atoms. The van der Waals surface area contributed by atoms with Crippen molar-refractivity contribution in [1.82, 2.24) is 0 Å². The Morgan fingerprint density at radius 3 is 2.47 bits per heavy atom. The molecule has 0 heterocycles. The molecule has 0 aromatic heterocycles. The van der Waals surface area contributed by atoms with Crippen molar-refractivity contribution in [1.29, 1.82) is 0 Å². The van der Waals surface area contributed by atoms with Crippen LogP contribution in [0, 0.1) is 10.1 Å². The summed E-state index contributed by atoms with van der Waals surface area (Å²) in [7, 11) is 0. The van der Waals surface area contributed by atoms with E-state index in [1.807, 2.05) is 0 Å². The lowest BCUT2D eigenvalue weighted by Gasteiger charge is -2.09. The van der Waals surface area contributed by atoms with Gasteiger partial charge in [-0.3, -0.25) is 10.1 Å². The summed E-state index contributed by atoms with van der Waals surface area (Å²) in [6.45, 7) is 3.46. The molecule has 0 radical (unpaired) electrons. The maximum atomic E-state index is 12.4. The highest BCUT2D eigenvalue weighted by molar-refractivity contribution is 6.23. The first-order valence-electron chi connectivity index (χ1n) is 4.37. The van der Waals surface area contributed by atoms with Gasteiger partial charge in [-0.1, -0.05) is 6.58 Å². The van der Waals surface area contributed by atoms with E-state index in [0.717, 1.165) is 12.1 Å². The van der Waals surface area contributed by atoms with Gasteiger partial charge in [-0.05, 0) is 17.7 Å². The number of hydrogen-bond acceptors (Lipinski definition) is 2. The van der Waals surface area contributed by atoms with Gasteiger partial charge in [0.25, 0.3) is 5.69 Å². The van der Waals surface area contributed by atoms with Crippen LogP contribution in [0.5, 0.6) is 0 Å². The van der Waals surface area contributed by atoms with Crippen LogP contribution in [-0.4, -0.2) is 10.8 Å². The molecular formula is C10H7ClF3NO2. The number of alkyl halides is 4. The van der Waals surface area contributed by atoms with Crippen molar-refractivity contribution in [2.24, 2.45) is 0 Å². The summed E-state index contributed by atoms with van der Waals surface area (Å²) in [4.78, 5) is 9.79. The first-order chi connectivity index (χ1) is 7.77. The molecule has 92 valence electrons. The number of rotatable bonds is 3. The minimum absolute atomic E-state index is 0.0120. The Morgan fingerprint density at radius 2 is 2.06 bits per heavy atom. The molecule has 1 aromatic carbocycles. The molecule has 0 saturated heterocycles. The lowest BCUT2D eigenvalue weighted by atomic mass is 10.0. The molecule has 0 aliphatic rings. The Kier molecular flexibility index (Phi) is 3.77. The van der Waals surface area contributed by atoms with Crippen LogP contribution in [-0.2, 0) is 6.18 Å². The van der Waals surface area contributed by atoms with E-state index in [0.29, 0.717) is 6.07 Å². The third kappa shape index (κ3) is 2.97. The van der Waals surface area contributed by atoms with Gasteiger partial charge >= 0.3 is 6.18 Å². The van der Waals surface area contributed by atoms with Gasteiger partial charge in [-0.15, -0.1) is 11.6 Å². The van der Waals surface area contributed by atoms with Crippen LogP contribution in [0.15, 0.2) is 24.8 Å². The van der Waals surface area contributed by atoms with Crippen LogP contribution >= 0.6 is 11.6 Å². The van der Waals surface area contributed by atoms with Crippen molar-refractivity contribution in [3.63, 3.8) is 0 Å². The van der Waals surface area contributed by atoms with Gasteiger partial charge in [-0.25, -0.2) is 0 Å². The van der Waals surface area contributed by atoms with Crippen LogP contribution < -0.4 is 0 Å². The van der Waals surface area contributed by atoms with E-state index < -0.39 is 22.4 Å². The largest absolute Gasteiger partial charge is 0.416 e. The fourth-order valence-electron chi connectivity index (χ4n) is 1.23. The van der Waals surface area contributed by atoms with Gasteiger partial charge in [0.15, 0.2) is 0 Å². The third-order valence-electron chi connectivity index (χ3n) is 2.06. The molecule has 0 saturated carbocycles. The second kappa shape index (κ2) is 4.75. The zero-order valence-electron chi connectivity index (χ0n) is 8.42. The van der Waals surface area contributed by atoms with Crippen molar-refractivity contribution >= 4 is 22.9 Å². The summed E-state index contributed by atoms with van der Waals surface area (Å²) in [5, 5.41) is 10.7. The molecule has 3 nitrogen and oxygen atoms in total. The topological polar surface area (TPSA) is 43.1 Å². The Balaban J connectivity index is 3.37. The van der Waals surface area contributed by atoms with E-state index >= 15 is 0 Å². The smallest absolute Gasteiger partial charge is 0.258 e. The lowest BCUT2D eigenvalue weighted by Crippen LogP contribution is -2.06. The van der Waals surface area contributed by atoms with Crippen LogP contribution in [0.1, 0.15) is 11.1 Å². The van der Waals surface area contributed by atoms with Crippen molar-refractivity contribution in [2.75, 3.05) is 5.88 Å². The lowest BCUT2D eigenvalue weighted by molar-refractivity contribution is -0.385. The summed E-state index contributed by atoms with van der Waals surface area (Å²) in [6, 6.07) is 2.25. The molecule has 0 fully saturated rings. The number of nitro groups is 1. The first-order valence-corrected chi connectivity index (χ1v) is 4.90. The van der Waals surface area contributed by atoms with Crippen LogP contribution in [0.4, 0.5) is 18.9 Å². The number of benzene rings is 1. The molecule has 7 heteroatoms. The molecular weight excluding hydrogens is 259 g/mol. The molecule has 1 rings (SSSR count). The van der Waals surface area contributed by atoms with Gasteiger partial charge in [0.05, 0.1) is 16.1 Å². The van der Waals surface area contributed by atoms with E-state index in [4.69, 9.17) is 11.6 Å². The van der Waals surface area contributed by atoms with E-state index in [9.17, 15) is 23.3 Å². The van der Waals surface area contributed by atoms with Crippen molar-refractivity contribution < 1.29 is 18.1 Å². The summed E-state index contributed by atoms with van der Waals surface area (Å²) in [5.41, 5.74) is -1.51. The molecule has 0 unspecified atom stereocenters. The van der Waals surface area contributed by atoms with Gasteiger partial charge in [0.2, 0.25) is 0 Å². The SMILES string of the molecule is C=C(CCl)c1ccc(C(F)(F)F)cc1[N+](=O)[O-]. The fourth-order valence-corrected chi connectivity index (χ4v) is 1.37. The predicted octanol–water partition coefficient (Wildman–Crippen LogP) is 3.87. The van der Waals surface area contributed by atoms with Gasteiger partial charge in [0.1, 0.15) is 0 Å². The normalized spacial score (nSPS) is 11.3. The summed E-state index contributed by atoms with van der Waals surface area (Å²) in [6.07, 6.45) is -4.62. The maximum Gasteiger partial charge on any atom is 0.416 e. The van der Waals surface area contributed by atoms with Gasteiger partial charge in [0, 0.05) is 11.9 Å². The summed E-state index contributed by atoms with van der Waals surface area (Å²) in [5.74, 6) is -0.0911. The first kappa shape index (κ1) is 13.5. The highest BCUT2D eigenvalue weighted by atomic mass is 35.5. The number of nitro benzene ring substituents is 1. The van der Waals surface area contributed by atoms with E-state index in [1.165, 1.54) is 0 Å². The average molecular weight is 266 g/mol. The molecule has 0 N–H and O–H groups in total. The average Bonchev–Trinajstić information content (AvgIpc) is 2.25. The predicted molar refractivity (Wildman–Crippen MR) is 57.9 cm³/mol. The molecule has 0 spiro atoms. The van der Waals surface area contributed by atoms with Gasteiger partial charge in [-0.2, -0.15) is 13.2 Å². The Bertz CT molecular complexity index is 471. The molecule has 0 bridgehead atoms. The Hall–Kier alpha value is -1.56. The Morgan fingerprint density at radius 1 is 1.47 bits per heavy atom. The van der Waals surface area contributed by atoms with Crippen LogP contribution in [0.2, 0.25) is 0 Å². The third-order valence-corrected chi connectivity index (χ3v) is 2.39. The zero-order valence-corrected chi connectivity index (χ0v) is 9.18. The quantitative estimate of drug-likeness (QED) is 0.473. The molecule has 0 aliphatic heterocycles. The van der Waals surface area contributed by atoms with Crippen molar-refractivity contribution in [2.45, 2.75) is 6.18 Å². The van der Waals surface area contributed by atoms with E-state index in [2.05, 4.69) is 6.58 Å². The Labute approximate surface area is 99.7 Å². The van der Waals surface area contributed by atoms with E-state index in [1.54, 1.807) is 0 Å². The molecule has 0 amide bonds.